The van der Waals surface area contributed by atoms with Gasteiger partial charge in [0.15, 0.2) is 0 Å². The highest BCUT2D eigenvalue weighted by Crippen LogP contribution is 2.44. The van der Waals surface area contributed by atoms with Crippen LogP contribution in [0.4, 0.5) is 0 Å². The van der Waals surface area contributed by atoms with Gasteiger partial charge in [-0.05, 0) is 56.4 Å². The van der Waals surface area contributed by atoms with E-state index in [2.05, 4.69) is 19.2 Å². The van der Waals surface area contributed by atoms with Crippen molar-refractivity contribution in [2.75, 3.05) is 6.54 Å². The van der Waals surface area contributed by atoms with E-state index in [-0.39, 0.29) is 0 Å². The van der Waals surface area contributed by atoms with E-state index in [1.807, 2.05) is 0 Å². The molecule has 0 bridgehead atoms. The van der Waals surface area contributed by atoms with Crippen LogP contribution >= 0.6 is 0 Å². The fourth-order valence-corrected chi connectivity index (χ4v) is 2.38. The molecule has 0 amide bonds. The minimum Gasteiger partial charge on any atom is -0.327 e. The lowest BCUT2D eigenvalue weighted by Gasteiger charge is -2.20. The van der Waals surface area contributed by atoms with E-state index < -0.39 is 0 Å². The Hall–Kier alpha value is -0.0800. The molecule has 15 heavy (non-hydrogen) atoms. The van der Waals surface area contributed by atoms with E-state index in [0.717, 1.165) is 30.8 Å². The quantitative estimate of drug-likeness (QED) is 0.675. The van der Waals surface area contributed by atoms with Crippen molar-refractivity contribution in [2.45, 2.75) is 58.0 Å². The van der Waals surface area contributed by atoms with Crippen LogP contribution in [-0.4, -0.2) is 18.6 Å². The van der Waals surface area contributed by atoms with Crippen molar-refractivity contribution in [3.05, 3.63) is 0 Å². The van der Waals surface area contributed by atoms with Gasteiger partial charge in [-0.1, -0.05) is 13.8 Å². The van der Waals surface area contributed by atoms with Crippen LogP contribution in [0.1, 0.15) is 46.0 Å². The molecular formula is C13H26N2. The second-order valence-electron chi connectivity index (χ2n) is 5.85. The third kappa shape index (κ3) is 3.46. The maximum absolute atomic E-state index is 6.05. The Kier molecular flexibility index (Phi) is 3.68. The number of hydrogen-bond acceptors (Lipinski definition) is 2. The molecule has 0 aromatic heterocycles. The van der Waals surface area contributed by atoms with Gasteiger partial charge in [-0.25, -0.2) is 0 Å². The van der Waals surface area contributed by atoms with E-state index in [1.54, 1.807) is 0 Å². The van der Waals surface area contributed by atoms with Gasteiger partial charge in [-0.15, -0.1) is 0 Å². The fourth-order valence-electron chi connectivity index (χ4n) is 2.38. The first-order valence-electron chi connectivity index (χ1n) is 6.67. The highest BCUT2D eigenvalue weighted by atomic mass is 14.9. The van der Waals surface area contributed by atoms with Crippen LogP contribution < -0.4 is 11.1 Å². The van der Waals surface area contributed by atoms with Gasteiger partial charge in [0.25, 0.3) is 0 Å². The van der Waals surface area contributed by atoms with Crippen LogP contribution in [0.5, 0.6) is 0 Å². The number of rotatable bonds is 7. The fraction of sp³-hybridized carbons (Fsp3) is 1.00. The molecule has 88 valence electrons. The first kappa shape index (κ1) is 11.4. The Morgan fingerprint density at radius 3 is 2.07 bits per heavy atom. The molecule has 0 heterocycles. The topological polar surface area (TPSA) is 38.0 Å². The molecule has 2 saturated carbocycles. The summed E-state index contributed by atoms with van der Waals surface area (Å²) in [6.45, 7) is 5.55. The molecule has 2 aliphatic rings. The van der Waals surface area contributed by atoms with Crippen molar-refractivity contribution < 1.29 is 0 Å². The van der Waals surface area contributed by atoms with Crippen LogP contribution in [-0.2, 0) is 0 Å². The first-order chi connectivity index (χ1) is 7.18. The van der Waals surface area contributed by atoms with Crippen molar-refractivity contribution in [1.82, 2.24) is 5.32 Å². The van der Waals surface area contributed by atoms with Crippen molar-refractivity contribution in [1.29, 1.82) is 0 Å². The highest BCUT2D eigenvalue weighted by molar-refractivity contribution is 4.96. The summed E-state index contributed by atoms with van der Waals surface area (Å²) in [7, 11) is 0. The minimum atomic E-state index is 0.372. The Bertz CT molecular complexity index is 183. The standard InChI is InChI=1S/C13H26N2/c1-9(2)12(14)7-8-15-13(10-3-4-10)11-5-6-11/h9-13,15H,3-8,14H2,1-2H3. The Morgan fingerprint density at radius 1 is 1.13 bits per heavy atom. The molecule has 2 fully saturated rings. The summed E-state index contributed by atoms with van der Waals surface area (Å²) in [5.74, 6) is 2.63. The monoisotopic (exact) mass is 210 g/mol. The van der Waals surface area contributed by atoms with Crippen LogP contribution in [0.2, 0.25) is 0 Å². The van der Waals surface area contributed by atoms with Gasteiger partial charge in [0.2, 0.25) is 0 Å². The van der Waals surface area contributed by atoms with Gasteiger partial charge in [-0.3, -0.25) is 0 Å². The molecule has 0 aromatic rings. The molecule has 2 heteroatoms. The van der Waals surface area contributed by atoms with Gasteiger partial charge in [0.05, 0.1) is 0 Å². The summed E-state index contributed by atoms with van der Waals surface area (Å²) in [6.07, 6.45) is 6.98. The number of nitrogens with one attached hydrogen (secondary N) is 1. The van der Waals surface area contributed by atoms with Crippen molar-refractivity contribution >= 4 is 0 Å². The van der Waals surface area contributed by atoms with E-state index >= 15 is 0 Å². The van der Waals surface area contributed by atoms with Gasteiger partial charge in [0.1, 0.15) is 0 Å². The minimum absolute atomic E-state index is 0.372. The van der Waals surface area contributed by atoms with Gasteiger partial charge < -0.3 is 11.1 Å². The zero-order valence-electron chi connectivity index (χ0n) is 10.2. The summed E-state index contributed by atoms with van der Waals surface area (Å²) >= 11 is 0. The predicted molar refractivity (Wildman–Crippen MR) is 64.7 cm³/mol. The molecule has 2 nitrogen and oxygen atoms in total. The molecule has 0 radical (unpaired) electrons. The smallest absolute Gasteiger partial charge is 0.0124 e. The maximum Gasteiger partial charge on any atom is 0.0124 e. The molecule has 1 atom stereocenters. The average molecular weight is 210 g/mol. The second kappa shape index (κ2) is 4.84. The van der Waals surface area contributed by atoms with Gasteiger partial charge >= 0.3 is 0 Å². The third-order valence-electron chi connectivity index (χ3n) is 3.97. The highest BCUT2D eigenvalue weighted by Gasteiger charge is 2.40. The number of nitrogens with two attached hydrogens (primary N) is 1. The summed E-state index contributed by atoms with van der Waals surface area (Å²) in [6, 6.07) is 1.21. The average Bonchev–Trinajstić information content (AvgIpc) is 3.01. The summed E-state index contributed by atoms with van der Waals surface area (Å²) < 4.78 is 0. The molecule has 2 rings (SSSR count). The third-order valence-corrected chi connectivity index (χ3v) is 3.97. The maximum atomic E-state index is 6.05. The largest absolute Gasteiger partial charge is 0.327 e. The lowest BCUT2D eigenvalue weighted by atomic mass is 10.0. The van der Waals surface area contributed by atoms with Crippen molar-refractivity contribution in [3.63, 3.8) is 0 Å². The Labute approximate surface area is 94.0 Å². The first-order valence-corrected chi connectivity index (χ1v) is 6.67. The Balaban J connectivity index is 1.63. The normalized spacial score (nSPS) is 23.8. The SMILES string of the molecule is CC(C)C(N)CCNC(C1CC1)C1CC1. The van der Waals surface area contributed by atoms with Crippen LogP contribution in [0, 0.1) is 17.8 Å². The van der Waals surface area contributed by atoms with Gasteiger partial charge in [0, 0.05) is 12.1 Å². The molecule has 0 aromatic carbocycles. The van der Waals surface area contributed by atoms with Crippen molar-refractivity contribution in [3.8, 4) is 0 Å². The zero-order chi connectivity index (χ0) is 10.8. The second-order valence-corrected chi connectivity index (χ2v) is 5.85. The molecule has 0 aliphatic heterocycles. The summed E-state index contributed by atoms with van der Waals surface area (Å²) in [4.78, 5) is 0. The molecule has 1 unspecified atom stereocenters. The summed E-state index contributed by atoms with van der Waals surface area (Å²) in [5.41, 5.74) is 6.05. The predicted octanol–water partition coefficient (Wildman–Crippen LogP) is 2.14. The number of hydrogen-bond donors (Lipinski definition) is 2. The van der Waals surface area contributed by atoms with Crippen molar-refractivity contribution in [2.24, 2.45) is 23.5 Å². The van der Waals surface area contributed by atoms with E-state index in [4.69, 9.17) is 5.73 Å². The molecule has 0 spiro atoms. The molecular weight excluding hydrogens is 184 g/mol. The Morgan fingerprint density at radius 2 is 1.67 bits per heavy atom. The van der Waals surface area contributed by atoms with E-state index in [0.29, 0.717) is 12.0 Å². The van der Waals surface area contributed by atoms with Crippen LogP contribution in [0.3, 0.4) is 0 Å². The van der Waals surface area contributed by atoms with Gasteiger partial charge in [-0.2, -0.15) is 0 Å². The van der Waals surface area contributed by atoms with E-state index in [9.17, 15) is 0 Å². The molecule has 3 N–H and O–H groups in total. The zero-order valence-corrected chi connectivity index (χ0v) is 10.2. The van der Waals surface area contributed by atoms with Crippen LogP contribution in [0.25, 0.3) is 0 Å². The lowest BCUT2D eigenvalue weighted by Crippen LogP contribution is -2.37. The van der Waals surface area contributed by atoms with E-state index in [1.165, 1.54) is 25.7 Å². The molecule has 0 saturated heterocycles. The summed E-state index contributed by atoms with van der Waals surface area (Å²) in [5, 5.41) is 3.75. The lowest BCUT2D eigenvalue weighted by molar-refractivity contribution is 0.383. The molecule has 2 aliphatic carbocycles. The van der Waals surface area contributed by atoms with Crippen LogP contribution in [0.15, 0.2) is 0 Å².